The van der Waals surface area contributed by atoms with Gasteiger partial charge in [-0.3, -0.25) is 0 Å². The van der Waals surface area contributed by atoms with Crippen molar-refractivity contribution < 1.29 is 4.80 Å². The van der Waals surface area contributed by atoms with Crippen molar-refractivity contribution in [2.45, 2.75) is 38.7 Å². The van der Waals surface area contributed by atoms with Gasteiger partial charge in [0.05, 0.1) is 0 Å². The summed E-state index contributed by atoms with van der Waals surface area (Å²) in [4.78, 5) is 11.5. The highest BCUT2D eigenvalue weighted by atomic mass is 28.4. The molecule has 1 nitrogen and oxygen atoms in total. The number of rotatable bonds is 2. The van der Waals surface area contributed by atoms with E-state index in [4.69, 9.17) is 0 Å². The molecular weight excluding hydrogens is 236 g/mol. The average Bonchev–Trinajstić information content (AvgIpc) is 2.38. The lowest BCUT2D eigenvalue weighted by Crippen LogP contribution is -2.57. The Labute approximate surface area is 111 Å². The zero-order valence-corrected chi connectivity index (χ0v) is 12.5. The fraction of sp³-hybridized carbons (Fsp3) is 0.375. The van der Waals surface area contributed by atoms with Crippen LogP contribution >= 0.6 is 0 Å². The Morgan fingerprint density at radius 1 is 1.11 bits per heavy atom. The van der Waals surface area contributed by atoms with E-state index in [9.17, 15) is 4.80 Å². The molecule has 1 aliphatic carbocycles. The van der Waals surface area contributed by atoms with Gasteiger partial charge in [0.25, 0.3) is 8.32 Å². The summed E-state index contributed by atoms with van der Waals surface area (Å²) >= 11 is 0. The van der Waals surface area contributed by atoms with Crippen molar-refractivity contribution in [1.82, 2.24) is 0 Å². The quantitative estimate of drug-likeness (QED) is 0.806. The summed E-state index contributed by atoms with van der Waals surface area (Å²) in [6.45, 7) is 6.47. The van der Waals surface area contributed by atoms with Crippen molar-refractivity contribution in [2.75, 3.05) is 0 Å². The topological polar surface area (TPSA) is 20.2 Å². The van der Waals surface area contributed by atoms with Crippen LogP contribution < -0.4 is 5.19 Å². The molecule has 0 amide bonds. The van der Waals surface area contributed by atoms with Gasteiger partial charge in [0.2, 0.25) is 0 Å². The average molecular weight is 258 g/mol. The van der Waals surface area contributed by atoms with Gasteiger partial charge < -0.3 is 4.80 Å². The van der Waals surface area contributed by atoms with E-state index in [1.54, 1.807) is 0 Å². The van der Waals surface area contributed by atoms with E-state index < -0.39 is 8.32 Å². The van der Waals surface area contributed by atoms with Crippen LogP contribution in [0.3, 0.4) is 0 Å². The zero-order chi connectivity index (χ0) is 13.2. The molecule has 1 N–H and O–H groups in total. The van der Waals surface area contributed by atoms with Crippen molar-refractivity contribution in [1.29, 1.82) is 0 Å². The normalized spacial score (nSPS) is 19.2. The Hall–Kier alpha value is -1.12. The molecule has 2 rings (SSSR count). The van der Waals surface area contributed by atoms with Crippen LogP contribution in [-0.4, -0.2) is 13.1 Å². The predicted octanol–water partition coefficient (Wildman–Crippen LogP) is 3.45. The standard InChI is InChI=1S/C16H22OSi/c1-16(2,3)18(17,14-10-6-4-7-11-14)15-12-8-5-9-13-15/h4-8,10-12,17H,9,13H2,1-3H3. The van der Waals surface area contributed by atoms with Crippen molar-refractivity contribution in [2.24, 2.45) is 0 Å². The van der Waals surface area contributed by atoms with Crippen LogP contribution in [0, 0.1) is 0 Å². The third-order valence-corrected chi connectivity index (χ3v) is 8.44. The minimum atomic E-state index is -2.62. The van der Waals surface area contributed by atoms with Gasteiger partial charge >= 0.3 is 0 Å². The number of benzene rings is 1. The number of hydrogen-bond acceptors (Lipinski definition) is 1. The summed E-state index contributed by atoms with van der Waals surface area (Å²) in [7, 11) is -2.62. The van der Waals surface area contributed by atoms with Crippen molar-refractivity contribution >= 4 is 13.5 Å². The molecule has 1 unspecified atom stereocenters. The second-order valence-corrected chi connectivity index (χ2v) is 10.1. The Balaban J connectivity index is 2.55. The fourth-order valence-corrected chi connectivity index (χ4v) is 6.40. The van der Waals surface area contributed by atoms with Crippen LogP contribution in [0.2, 0.25) is 5.04 Å². The maximum absolute atomic E-state index is 11.5. The molecule has 0 aromatic heterocycles. The van der Waals surface area contributed by atoms with Crippen LogP contribution in [0.25, 0.3) is 0 Å². The van der Waals surface area contributed by atoms with E-state index in [2.05, 4.69) is 51.1 Å². The molecule has 0 bridgehead atoms. The van der Waals surface area contributed by atoms with E-state index in [-0.39, 0.29) is 5.04 Å². The molecule has 1 aromatic rings. The van der Waals surface area contributed by atoms with Gasteiger partial charge in [-0.2, -0.15) is 0 Å². The highest BCUT2D eigenvalue weighted by Crippen LogP contribution is 2.40. The van der Waals surface area contributed by atoms with E-state index in [1.165, 1.54) is 5.20 Å². The molecule has 1 atom stereocenters. The van der Waals surface area contributed by atoms with E-state index in [1.807, 2.05) is 18.2 Å². The Morgan fingerprint density at radius 2 is 1.78 bits per heavy atom. The molecule has 1 aromatic carbocycles. The molecule has 0 spiro atoms. The third-order valence-electron chi connectivity index (χ3n) is 3.76. The van der Waals surface area contributed by atoms with Crippen LogP contribution in [0.5, 0.6) is 0 Å². The summed E-state index contributed by atoms with van der Waals surface area (Å²) in [6, 6.07) is 10.2. The van der Waals surface area contributed by atoms with Crippen molar-refractivity contribution in [3.05, 3.63) is 53.8 Å². The highest BCUT2D eigenvalue weighted by Gasteiger charge is 2.48. The van der Waals surface area contributed by atoms with Crippen LogP contribution in [0.15, 0.2) is 53.8 Å². The first kappa shape index (κ1) is 13.3. The second kappa shape index (κ2) is 4.86. The molecule has 0 saturated carbocycles. The number of hydrogen-bond donors (Lipinski definition) is 1. The molecular formula is C16H22OSi. The van der Waals surface area contributed by atoms with Crippen LogP contribution in [-0.2, 0) is 0 Å². The van der Waals surface area contributed by atoms with Crippen LogP contribution in [0.4, 0.5) is 0 Å². The lowest BCUT2D eigenvalue weighted by Gasteiger charge is -2.40. The maximum atomic E-state index is 11.5. The summed E-state index contributed by atoms with van der Waals surface area (Å²) in [5.41, 5.74) is 0. The van der Waals surface area contributed by atoms with Gasteiger partial charge in [-0.25, -0.2) is 0 Å². The molecule has 2 heteroatoms. The Bertz CT molecular complexity index is 468. The lowest BCUT2D eigenvalue weighted by molar-refractivity contribution is 0.495. The minimum absolute atomic E-state index is 0.0919. The second-order valence-electron chi connectivity index (χ2n) is 5.99. The highest BCUT2D eigenvalue weighted by molar-refractivity contribution is 6.93. The van der Waals surface area contributed by atoms with E-state index >= 15 is 0 Å². The monoisotopic (exact) mass is 258 g/mol. The Morgan fingerprint density at radius 3 is 2.28 bits per heavy atom. The minimum Gasteiger partial charge on any atom is -0.424 e. The molecule has 0 heterocycles. The summed E-state index contributed by atoms with van der Waals surface area (Å²) in [5, 5.41) is 2.29. The third kappa shape index (κ3) is 2.23. The smallest absolute Gasteiger partial charge is 0.253 e. The van der Waals surface area contributed by atoms with Gasteiger partial charge in [-0.05, 0) is 28.3 Å². The molecule has 96 valence electrons. The molecule has 0 radical (unpaired) electrons. The summed E-state index contributed by atoms with van der Waals surface area (Å²) in [6.07, 6.45) is 8.43. The van der Waals surface area contributed by atoms with Crippen molar-refractivity contribution in [3.63, 3.8) is 0 Å². The lowest BCUT2D eigenvalue weighted by atomic mass is 10.2. The van der Waals surface area contributed by atoms with Gasteiger partial charge in [0.15, 0.2) is 0 Å². The predicted molar refractivity (Wildman–Crippen MR) is 80.2 cm³/mol. The maximum Gasteiger partial charge on any atom is 0.253 e. The molecule has 18 heavy (non-hydrogen) atoms. The summed E-state index contributed by atoms with van der Waals surface area (Å²) < 4.78 is 0. The van der Waals surface area contributed by atoms with Crippen molar-refractivity contribution in [3.8, 4) is 0 Å². The van der Waals surface area contributed by atoms with Gasteiger partial charge in [0.1, 0.15) is 0 Å². The Kier molecular flexibility index (Phi) is 3.60. The molecule has 0 aliphatic heterocycles. The molecule has 0 saturated heterocycles. The SMILES string of the molecule is CC(C)(C)[Si](O)(C1=CC=CCC1)c1ccccc1. The van der Waals surface area contributed by atoms with E-state index in [0.29, 0.717) is 0 Å². The van der Waals surface area contributed by atoms with Gasteiger partial charge in [-0.1, -0.05) is 69.3 Å². The molecule has 0 fully saturated rings. The first-order valence-corrected chi connectivity index (χ1v) is 8.55. The van der Waals surface area contributed by atoms with E-state index in [0.717, 1.165) is 18.0 Å². The van der Waals surface area contributed by atoms with Gasteiger partial charge in [-0.15, -0.1) is 0 Å². The molecule has 1 aliphatic rings. The first-order valence-electron chi connectivity index (χ1n) is 6.60. The largest absolute Gasteiger partial charge is 0.424 e. The van der Waals surface area contributed by atoms with Crippen LogP contribution in [0.1, 0.15) is 33.6 Å². The number of allylic oxidation sites excluding steroid dienone is 4. The first-order chi connectivity index (χ1) is 8.46. The summed E-state index contributed by atoms with van der Waals surface area (Å²) in [5.74, 6) is 0. The van der Waals surface area contributed by atoms with Gasteiger partial charge in [0, 0.05) is 0 Å². The zero-order valence-electron chi connectivity index (χ0n) is 11.5. The fourth-order valence-electron chi connectivity index (χ4n) is 2.68.